The van der Waals surface area contributed by atoms with Gasteiger partial charge in [-0.25, -0.2) is 0 Å². The molecule has 0 bridgehead atoms. The van der Waals surface area contributed by atoms with E-state index in [1.165, 1.54) is 0 Å². The smallest absolute Gasteiger partial charge is 0.252 e. The van der Waals surface area contributed by atoms with E-state index in [-0.39, 0.29) is 22.8 Å². The first-order valence-corrected chi connectivity index (χ1v) is 8.33. The molecule has 2 unspecified atom stereocenters. The lowest BCUT2D eigenvalue weighted by Gasteiger charge is -2.15. The maximum atomic E-state index is 12.1. The normalized spacial score (nSPS) is 20.6. The second-order valence-electron chi connectivity index (χ2n) is 6.39. The molecule has 0 aromatic heterocycles. The molecule has 2 atom stereocenters. The van der Waals surface area contributed by atoms with E-state index in [0.29, 0.717) is 36.6 Å². The van der Waals surface area contributed by atoms with Gasteiger partial charge in [0, 0.05) is 12.2 Å². The molecule has 2 amide bonds. The quantitative estimate of drug-likeness (QED) is 0.772. The number of anilines is 1. The Labute approximate surface area is 141 Å². The van der Waals surface area contributed by atoms with Gasteiger partial charge in [0.1, 0.15) is 0 Å². The average molecular weight is 339 g/mol. The maximum absolute atomic E-state index is 12.1. The van der Waals surface area contributed by atoms with Crippen LogP contribution in [0.4, 0.5) is 5.69 Å². The number of nitrogens with one attached hydrogen (secondary N) is 2. The molecule has 23 heavy (non-hydrogen) atoms. The number of amides is 2. The number of aliphatic hydroxyl groups excluding tert-OH is 1. The van der Waals surface area contributed by atoms with Crippen molar-refractivity contribution in [2.45, 2.75) is 39.2 Å². The summed E-state index contributed by atoms with van der Waals surface area (Å²) in [5.41, 5.74) is 0.908. The summed E-state index contributed by atoms with van der Waals surface area (Å²) in [5.74, 6) is -0.451. The Kier molecular flexibility index (Phi) is 6.02. The summed E-state index contributed by atoms with van der Waals surface area (Å²) in [5, 5.41) is 15.6. The van der Waals surface area contributed by atoms with Crippen molar-refractivity contribution in [3.8, 4) is 0 Å². The monoisotopic (exact) mass is 338 g/mol. The van der Waals surface area contributed by atoms with Crippen LogP contribution < -0.4 is 10.6 Å². The Hall–Kier alpha value is -1.59. The Morgan fingerprint density at radius 1 is 1.35 bits per heavy atom. The molecule has 1 saturated carbocycles. The molecule has 5 nitrogen and oxygen atoms in total. The number of halogens is 1. The molecule has 0 spiro atoms. The first-order chi connectivity index (χ1) is 10.9. The number of hydrogen-bond donors (Lipinski definition) is 3. The van der Waals surface area contributed by atoms with Gasteiger partial charge in [0.05, 0.1) is 22.6 Å². The van der Waals surface area contributed by atoms with E-state index in [0.717, 1.165) is 6.42 Å². The summed E-state index contributed by atoms with van der Waals surface area (Å²) in [6, 6.07) is 4.80. The molecule has 1 fully saturated rings. The van der Waals surface area contributed by atoms with E-state index in [1.54, 1.807) is 18.2 Å². The summed E-state index contributed by atoms with van der Waals surface area (Å²) in [6.45, 7) is 4.60. The third kappa shape index (κ3) is 4.69. The van der Waals surface area contributed by atoms with Crippen LogP contribution in [0.25, 0.3) is 0 Å². The molecule has 6 heteroatoms. The van der Waals surface area contributed by atoms with Crippen LogP contribution in [0.15, 0.2) is 18.2 Å². The number of hydrogen-bond acceptors (Lipinski definition) is 3. The minimum absolute atomic E-state index is 0.205. The number of carbonyl (C=O) groups excluding carboxylic acids is 2. The second kappa shape index (κ2) is 7.79. The molecule has 1 aromatic carbocycles. The van der Waals surface area contributed by atoms with Crippen molar-refractivity contribution in [2.24, 2.45) is 11.8 Å². The molecule has 0 heterocycles. The largest absolute Gasteiger partial charge is 0.392 e. The fraction of sp³-hybridized carbons (Fsp3) is 0.529. The highest BCUT2D eigenvalue weighted by atomic mass is 35.5. The minimum atomic E-state index is -0.577. The summed E-state index contributed by atoms with van der Waals surface area (Å²) < 4.78 is 0. The van der Waals surface area contributed by atoms with Crippen LogP contribution in [0.5, 0.6) is 0 Å². The summed E-state index contributed by atoms with van der Waals surface area (Å²) in [4.78, 5) is 24.2. The lowest BCUT2D eigenvalue weighted by Crippen LogP contribution is -2.29. The zero-order chi connectivity index (χ0) is 17.0. The predicted octanol–water partition coefficient (Wildman–Crippen LogP) is 2.83. The fourth-order valence-electron chi connectivity index (χ4n) is 2.65. The highest BCUT2D eigenvalue weighted by Gasteiger charge is 2.31. The third-order valence-corrected chi connectivity index (χ3v) is 4.28. The number of carbonyl (C=O) groups is 2. The van der Waals surface area contributed by atoms with Crippen LogP contribution in [0.1, 0.15) is 43.5 Å². The molecule has 2 rings (SSSR count). The van der Waals surface area contributed by atoms with E-state index in [9.17, 15) is 14.7 Å². The van der Waals surface area contributed by atoms with Crippen molar-refractivity contribution >= 4 is 29.1 Å². The molecular weight excluding hydrogens is 316 g/mol. The van der Waals surface area contributed by atoms with Crippen LogP contribution >= 0.6 is 11.6 Å². The molecule has 3 N–H and O–H groups in total. The number of rotatable bonds is 5. The van der Waals surface area contributed by atoms with E-state index < -0.39 is 6.10 Å². The van der Waals surface area contributed by atoms with E-state index in [2.05, 4.69) is 10.6 Å². The van der Waals surface area contributed by atoms with E-state index >= 15 is 0 Å². The van der Waals surface area contributed by atoms with Gasteiger partial charge in [-0.3, -0.25) is 9.59 Å². The lowest BCUT2D eigenvalue weighted by atomic mass is 10.1. The van der Waals surface area contributed by atoms with Crippen LogP contribution in [0.3, 0.4) is 0 Å². The van der Waals surface area contributed by atoms with Crippen LogP contribution in [-0.2, 0) is 4.79 Å². The third-order valence-electron chi connectivity index (χ3n) is 3.97. The van der Waals surface area contributed by atoms with Gasteiger partial charge in [-0.15, -0.1) is 0 Å². The minimum Gasteiger partial charge on any atom is -0.392 e. The maximum Gasteiger partial charge on any atom is 0.252 e. The van der Waals surface area contributed by atoms with E-state index in [1.807, 2.05) is 13.8 Å². The molecule has 1 aromatic rings. The Morgan fingerprint density at radius 2 is 2.09 bits per heavy atom. The van der Waals surface area contributed by atoms with Gasteiger partial charge in [-0.1, -0.05) is 25.4 Å². The fourth-order valence-corrected chi connectivity index (χ4v) is 2.92. The molecule has 0 aliphatic heterocycles. The van der Waals surface area contributed by atoms with Gasteiger partial charge in [-0.05, 0) is 43.4 Å². The van der Waals surface area contributed by atoms with Crippen LogP contribution in [-0.4, -0.2) is 29.6 Å². The highest BCUT2D eigenvalue weighted by Crippen LogP contribution is 2.27. The Bertz CT molecular complexity index is 589. The van der Waals surface area contributed by atoms with Gasteiger partial charge in [-0.2, -0.15) is 0 Å². The molecular formula is C17H23ClN2O3. The topological polar surface area (TPSA) is 78.4 Å². The Morgan fingerprint density at radius 3 is 2.65 bits per heavy atom. The van der Waals surface area contributed by atoms with Gasteiger partial charge in [0.15, 0.2) is 0 Å². The van der Waals surface area contributed by atoms with Crippen molar-refractivity contribution in [3.05, 3.63) is 28.8 Å². The zero-order valence-corrected chi connectivity index (χ0v) is 14.2. The number of benzene rings is 1. The Balaban J connectivity index is 2.01. The first kappa shape index (κ1) is 17.8. The van der Waals surface area contributed by atoms with Crippen LogP contribution in [0, 0.1) is 11.8 Å². The average Bonchev–Trinajstić information content (AvgIpc) is 2.91. The lowest BCUT2D eigenvalue weighted by molar-refractivity contribution is -0.122. The zero-order valence-electron chi connectivity index (χ0n) is 13.4. The first-order valence-electron chi connectivity index (χ1n) is 7.95. The predicted molar refractivity (Wildman–Crippen MR) is 90.6 cm³/mol. The van der Waals surface area contributed by atoms with Crippen molar-refractivity contribution in [1.29, 1.82) is 0 Å². The molecule has 1 aliphatic rings. The highest BCUT2D eigenvalue weighted by molar-refractivity contribution is 6.34. The molecule has 126 valence electrons. The van der Waals surface area contributed by atoms with Crippen molar-refractivity contribution < 1.29 is 14.7 Å². The summed E-state index contributed by atoms with van der Waals surface area (Å²) in [7, 11) is 0. The van der Waals surface area contributed by atoms with Crippen molar-refractivity contribution in [1.82, 2.24) is 5.32 Å². The van der Waals surface area contributed by atoms with Gasteiger partial charge in [0.25, 0.3) is 5.91 Å². The number of aliphatic hydroxyl groups is 1. The molecule has 1 aliphatic carbocycles. The summed E-state index contributed by atoms with van der Waals surface area (Å²) in [6.07, 6.45) is 1.63. The SMILES string of the molecule is CC(C)CNC(=O)c1ccc(NC(=O)C2CCCC2O)cc1Cl. The molecule has 0 saturated heterocycles. The molecule has 0 radical (unpaired) electrons. The van der Waals surface area contributed by atoms with Gasteiger partial charge >= 0.3 is 0 Å². The van der Waals surface area contributed by atoms with Gasteiger partial charge in [0.2, 0.25) is 5.91 Å². The van der Waals surface area contributed by atoms with E-state index in [4.69, 9.17) is 11.6 Å². The standard InChI is InChI=1S/C17H23ClN2O3/c1-10(2)9-19-16(22)12-7-6-11(8-14(12)18)20-17(23)13-4-3-5-15(13)21/h6-8,10,13,15,21H,3-5,9H2,1-2H3,(H,19,22)(H,20,23). The van der Waals surface area contributed by atoms with Crippen molar-refractivity contribution in [3.63, 3.8) is 0 Å². The summed E-state index contributed by atoms with van der Waals surface area (Å²) >= 11 is 6.15. The van der Waals surface area contributed by atoms with Gasteiger partial charge < -0.3 is 15.7 Å². The second-order valence-corrected chi connectivity index (χ2v) is 6.80. The van der Waals surface area contributed by atoms with Crippen molar-refractivity contribution in [2.75, 3.05) is 11.9 Å². The van der Waals surface area contributed by atoms with Crippen LogP contribution in [0.2, 0.25) is 5.02 Å².